The van der Waals surface area contributed by atoms with E-state index >= 15 is 8.78 Å². The van der Waals surface area contributed by atoms with Crippen molar-refractivity contribution in [1.82, 2.24) is 58.3 Å². The van der Waals surface area contributed by atoms with Gasteiger partial charge in [0, 0.05) is 116 Å². The van der Waals surface area contributed by atoms with Gasteiger partial charge in [-0.3, -0.25) is 57.4 Å². The minimum atomic E-state index is -1.37. The van der Waals surface area contributed by atoms with Crippen molar-refractivity contribution in [2.45, 2.75) is 165 Å². The maximum absolute atomic E-state index is 15.6. The van der Waals surface area contributed by atoms with Gasteiger partial charge >= 0.3 is 0 Å². The van der Waals surface area contributed by atoms with E-state index in [1.807, 2.05) is 105 Å². The zero-order chi connectivity index (χ0) is 104. The van der Waals surface area contributed by atoms with Crippen LogP contribution in [0.1, 0.15) is 157 Å². The van der Waals surface area contributed by atoms with Gasteiger partial charge in [-0.05, 0) is 164 Å². The Balaban J connectivity index is 0.000000178. The average Bonchev–Trinajstić information content (AvgIpc) is 0.725. The minimum Gasteiger partial charge on any atom is -0.505 e. The summed E-state index contributed by atoms with van der Waals surface area (Å²) in [4.78, 5) is 120. The largest absolute Gasteiger partial charge is 0.505 e. The standard InChI is InChI=1S/C34H33Cl3FN7O2.2C33H29Cl3F2N6O3/c1-8-23(46)44-17(5)13-43(14-18(44)6)32-20-11-22(35)30(24-19(7)25(36)27(38)26(37)28(24)40)42-33(20)45(34(47)21(32)12-39)31-16(4)9-10-41-29(31)15(2)3;2*1-7-21(45)43-16(5)12-42(13-17(43)6)30-18-10-20(34)28(22-25(37)23(35)26(38)24(36)31(22)46)41-32(18)44(33(47)19(30)11-39)29-15(4)8-9-40-27(29)14(2)3/h8-11,15,17-18H,1,13-14,40H2,2-7H3;2*7-10,14,16-17,46H,1,12-13H2,2-6H3/t17-,18+;2*16-,17+. The van der Waals surface area contributed by atoms with E-state index in [-0.39, 0.29) is 213 Å². The molecule has 0 aliphatic carbocycles. The molecule has 15 rings (SSSR count). The molecule has 41 heteroatoms. The first kappa shape index (κ1) is 106. The molecule has 0 bridgehead atoms. The fraction of sp³-hybridized carbons (Fsp3) is 0.310. The van der Waals surface area contributed by atoms with Crippen molar-refractivity contribution in [3.63, 3.8) is 0 Å². The van der Waals surface area contributed by atoms with Gasteiger partial charge in [-0.1, -0.05) is 166 Å². The van der Waals surface area contributed by atoms with Crippen LogP contribution in [-0.4, -0.2) is 162 Å². The van der Waals surface area contributed by atoms with Gasteiger partial charge in [-0.2, -0.15) is 15.8 Å². The molecule has 3 aromatic carbocycles. The van der Waals surface area contributed by atoms with E-state index in [4.69, 9.17) is 115 Å². The van der Waals surface area contributed by atoms with Crippen molar-refractivity contribution in [3.05, 3.63) is 254 Å². The second-order valence-corrected chi connectivity index (χ2v) is 39.0. The summed E-state index contributed by atoms with van der Waals surface area (Å²) in [6, 6.07) is 13.9. The molecule has 3 amide bonds. The number of nitrogen functional groups attached to an aromatic ring is 1. The molecule has 0 radical (unpaired) electrons. The number of phenols is 2. The first-order valence-electron chi connectivity index (χ1n) is 44.0. The Morgan fingerprint density at radius 1 is 0.411 bits per heavy atom. The van der Waals surface area contributed by atoms with Crippen LogP contribution in [0.15, 0.2) is 107 Å². The Bertz CT molecular complexity index is 6860. The van der Waals surface area contributed by atoms with Gasteiger partial charge in [0.2, 0.25) is 17.7 Å². The molecular weight excluding hydrogens is 2010 g/mol. The zero-order valence-corrected chi connectivity index (χ0v) is 85.6. The first-order valence-corrected chi connectivity index (χ1v) is 47.4. The Kier molecular flexibility index (Phi) is 31.1. The number of fused-ring (bicyclic) bond motifs is 3. The highest BCUT2D eigenvalue weighted by atomic mass is 35.5. The van der Waals surface area contributed by atoms with Crippen molar-refractivity contribution in [2.75, 3.05) is 59.7 Å². The zero-order valence-electron chi connectivity index (χ0n) is 78.8. The number of nitriles is 3. The molecule has 9 aromatic heterocycles. The van der Waals surface area contributed by atoms with E-state index in [0.717, 1.165) is 5.56 Å². The van der Waals surface area contributed by atoms with Crippen LogP contribution in [0, 0.1) is 90.8 Å². The number of hydrogen-bond donors (Lipinski definition) is 3. The molecule has 3 saturated heterocycles. The van der Waals surface area contributed by atoms with Gasteiger partial charge in [0.05, 0.1) is 105 Å². The van der Waals surface area contributed by atoms with Crippen molar-refractivity contribution in [2.24, 2.45) is 0 Å². The Hall–Kier alpha value is -12.7. The highest BCUT2D eigenvalue weighted by Crippen LogP contribution is 2.52. The highest BCUT2D eigenvalue weighted by Gasteiger charge is 2.42. The Morgan fingerprint density at radius 2 is 0.660 bits per heavy atom. The molecular formula is C100H91Cl9F5N19O8. The molecule has 732 valence electrons. The lowest BCUT2D eigenvalue weighted by atomic mass is 9.99. The van der Waals surface area contributed by atoms with Crippen LogP contribution in [0.2, 0.25) is 45.2 Å². The van der Waals surface area contributed by atoms with Crippen molar-refractivity contribution in [3.8, 4) is 80.5 Å². The van der Waals surface area contributed by atoms with E-state index in [0.29, 0.717) is 69.4 Å². The van der Waals surface area contributed by atoms with Crippen LogP contribution in [0.25, 0.3) is 83.9 Å². The quantitative estimate of drug-likeness (QED) is 0.0282. The summed E-state index contributed by atoms with van der Waals surface area (Å²) in [5.41, 5.74) is 7.69. The number of nitrogens with zero attached hydrogens (tertiary/aromatic N) is 18. The molecule has 12 heterocycles. The Morgan fingerprint density at radius 3 is 0.901 bits per heavy atom. The maximum Gasteiger partial charge on any atom is 0.276 e. The number of aromatic hydroxyl groups is 2. The maximum atomic E-state index is 15.6. The second kappa shape index (κ2) is 41.5. The van der Waals surface area contributed by atoms with Gasteiger partial charge in [0.25, 0.3) is 16.7 Å². The van der Waals surface area contributed by atoms with Crippen molar-refractivity contribution in [1.29, 1.82) is 15.8 Å². The summed E-state index contributed by atoms with van der Waals surface area (Å²) < 4.78 is 78.7. The van der Waals surface area contributed by atoms with Crippen LogP contribution in [0.3, 0.4) is 0 Å². The third-order valence-corrected chi connectivity index (χ3v) is 28.2. The molecule has 3 fully saturated rings. The molecule has 4 N–H and O–H groups in total. The van der Waals surface area contributed by atoms with E-state index < -0.39 is 88.5 Å². The Labute approximate surface area is 851 Å². The van der Waals surface area contributed by atoms with E-state index in [9.17, 15) is 67.9 Å². The fourth-order valence-corrected chi connectivity index (χ4v) is 21.0. The van der Waals surface area contributed by atoms with Gasteiger partial charge in [0.15, 0.2) is 29.1 Å². The predicted molar refractivity (Wildman–Crippen MR) is 544 cm³/mol. The topological polar surface area (TPSA) is 352 Å². The number of halogens is 14. The molecule has 0 unspecified atom stereocenters. The van der Waals surface area contributed by atoms with Crippen LogP contribution in [0.5, 0.6) is 11.5 Å². The molecule has 0 saturated carbocycles. The van der Waals surface area contributed by atoms with Crippen LogP contribution < -0.4 is 37.1 Å². The summed E-state index contributed by atoms with van der Waals surface area (Å²) in [5, 5.41) is 49.4. The third kappa shape index (κ3) is 18.4. The van der Waals surface area contributed by atoms with Gasteiger partial charge in [-0.25, -0.2) is 36.9 Å². The highest BCUT2D eigenvalue weighted by molar-refractivity contribution is 6.41. The molecule has 141 heavy (non-hydrogen) atoms. The van der Waals surface area contributed by atoms with E-state index in [2.05, 4.69) is 62.9 Å². The number of amides is 3. The minimum absolute atomic E-state index is 0.0540. The van der Waals surface area contributed by atoms with Gasteiger partial charge in [-0.15, -0.1) is 0 Å². The van der Waals surface area contributed by atoms with Crippen molar-refractivity contribution < 1.29 is 46.5 Å². The summed E-state index contributed by atoms with van der Waals surface area (Å²) in [7, 11) is 0. The lowest BCUT2D eigenvalue weighted by Gasteiger charge is -2.45. The first-order chi connectivity index (χ1) is 66.5. The van der Waals surface area contributed by atoms with Gasteiger partial charge in [0.1, 0.15) is 88.5 Å². The number of rotatable bonds is 15. The van der Waals surface area contributed by atoms with Gasteiger partial charge < -0.3 is 45.3 Å². The molecule has 6 atom stereocenters. The van der Waals surface area contributed by atoms with Crippen molar-refractivity contribution >= 4 is 178 Å². The van der Waals surface area contributed by atoms with Crippen LogP contribution in [0.4, 0.5) is 44.7 Å². The predicted octanol–water partition coefficient (Wildman–Crippen LogP) is 22.0. The second-order valence-electron chi connectivity index (χ2n) is 35.5. The lowest BCUT2D eigenvalue weighted by Crippen LogP contribution is -2.58. The number of carbonyl (C=O) groups is 3. The monoisotopic (exact) mass is 2100 g/mol. The SMILES string of the molecule is C=CC(=O)N1[C@H](C)CN(c2c(C#N)c(=O)n(-c3c(C)ccnc3C(C)C)c3nc(-c4c(C)c(Cl)c(F)c(Cl)c4N)c(Cl)cc23)C[C@@H]1C.C=CC(=O)N1[C@H](C)CN(c2c(C#N)c(=O)n(-c3c(C)ccnc3C(C)C)c3nc(-c4c(O)c(Cl)c(F)c(Cl)c4F)c(Cl)cc23)C[C@@H]1C.C=CC(=O)N1[C@H](C)CN(c2c(C#N)c(=O)n(-c3c(C)ccnc3C(C)C)c3nc(-c4c(O)c(Cl)c(F)c(Cl)c4F)c(Cl)cc23)C[C@@H]1C. The average molecular weight is 2100 g/mol. The van der Waals surface area contributed by atoms with E-state index in [1.165, 1.54) is 44.1 Å². The van der Waals surface area contributed by atoms with Crippen LogP contribution >= 0.6 is 104 Å². The fourth-order valence-electron chi connectivity index (χ4n) is 19.0. The summed E-state index contributed by atoms with van der Waals surface area (Å²) in [6.07, 6.45) is 8.59. The molecule has 3 aliphatic heterocycles. The number of piperazine rings is 3. The molecule has 3 aliphatic rings. The third-order valence-electron chi connectivity index (χ3n) is 25.1. The normalized spacial score (nSPS) is 16.6. The molecule has 27 nitrogen and oxygen atoms in total. The summed E-state index contributed by atoms with van der Waals surface area (Å²) in [5.74, 6) is -9.52. The lowest BCUT2D eigenvalue weighted by molar-refractivity contribution is -0.131. The number of hydrogen-bond acceptors (Lipinski definition) is 21. The number of nitrogens with two attached hydrogens (primary N) is 1. The molecule has 12 aromatic rings. The number of pyridine rings is 9. The van der Waals surface area contributed by atoms with E-state index in [1.54, 1.807) is 78.3 Å². The smallest absolute Gasteiger partial charge is 0.276 e. The number of carbonyl (C=O) groups excluding carboxylic acids is 3. The number of benzene rings is 3. The summed E-state index contributed by atoms with van der Waals surface area (Å²) >= 11 is 56.7. The number of anilines is 4. The molecule has 0 spiro atoms. The number of aryl methyl sites for hydroxylation is 3. The van der Waals surface area contributed by atoms with Crippen LogP contribution in [-0.2, 0) is 14.4 Å². The summed E-state index contributed by atoms with van der Waals surface area (Å²) in [6.45, 7) is 41.9. The number of phenolic OH excluding ortho intramolecular Hbond substituents is 2. The number of aromatic nitrogens is 9.